The maximum Gasteiger partial charge on any atom is 0.348 e. The number of benzene rings is 2. The summed E-state index contributed by atoms with van der Waals surface area (Å²) in [5.41, 5.74) is 1.71. The Hall–Kier alpha value is -3.06. The summed E-state index contributed by atoms with van der Waals surface area (Å²) in [7, 11) is 1.24. The predicted molar refractivity (Wildman–Crippen MR) is 82.8 cm³/mol. The number of hydrogen-bond acceptors (Lipinski definition) is 4. The van der Waals surface area contributed by atoms with E-state index in [0.29, 0.717) is 17.9 Å². The SMILES string of the molecule is COC(=O)/C(C#N)=C/c1cccc(OCc2ccccc2)c1. The summed E-state index contributed by atoms with van der Waals surface area (Å²) in [4.78, 5) is 11.4. The predicted octanol–water partition coefficient (Wildman–Crippen LogP) is 3.35. The second-order valence-electron chi connectivity index (χ2n) is 4.51. The fraction of sp³-hybridized carbons (Fsp3) is 0.111. The first-order valence-electron chi connectivity index (χ1n) is 6.70. The van der Waals surface area contributed by atoms with E-state index in [9.17, 15) is 4.79 Å². The average Bonchev–Trinajstić information content (AvgIpc) is 2.58. The van der Waals surface area contributed by atoms with Crippen LogP contribution < -0.4 is 4.74 Å². The molecule has 0 atom stereocenters. The largest absolute Gasteiger partial charge is 0.489 e. The zero-order valence-corrected chi connectivity index (χ0v) is 12.2. The first kappa shape index (κ1) is 15.3. The molecular formula is C18H15NO3. The molecular weight excluding hydrogens is 278 g/mol. The lowest BCUT2D eigenvalue weighted by Crippen LogP contribution is -2.02. The molecule has 0 aromatic heterocycles. The molecule has 2 rings (SSSR count). The quantitative estimate of drug-likeness (QED) is 0.482. The Balaban J connectivity index is 2.11. The number of rotatable bonds is 5. The van der Waals surface area contributed by atoms with E-state index in [1.54, 1.807) is 18.2 Å². The Bertz CT molecular complexity index is 715. The molecule has 0 fully saturated rings. The number of esters is 1. The molecule has 0 unspecified atom stereocenters. The average molecular weight is 293 g/mol. The van der Waals surface area contributed by atoms with Gasteiger partial charge >= 0.3 is 5.97 Å². The van der Waals surface area contributed by atoms with Crippen molar-refractivity contribution < 1.29 is 14.3 Å². The van der Waals surface area contributed by atoms with Crippen molar-refractivity contribution in [2.75, 3.05) is 7.11 Å². The third kappa shape index (κ3) is 4.22. The molecule has 0 bridgehead atoms. The normalized spacial score (nSPS) is 10.6. The van der Waals surface area contributed by atoms with Crippen LogP contribution in [-0.2, 0) is 16.1 Å². The molecule has 110 valence electrons. The molecule has 0 aliphatic rings. The second kappa shape index (κ2) is 7.65. The molecule has 2 aromatic rings. The maximum atomic E-state index is 11.4. The van der Waals surface area contributed by atoms with E-state index in [4.69, 9.17) is 10.00 Å². The Morgan fingerprint density at radius 1 is 1.18 bits per heavy atom. The van der Waals surface area contributed by atoms with Crippen molar-refractivity contribution in [1.82, 2.24) is 0 Å². The van der Waals surface area contributed by atoms with Crippen molar-refractivity contribution in [2.24, 2.45) is 0 Å². The summed E-state index contributed by atoms with van der Waals surface area (Å²) in [6.07, 6.45) is 1.47. The molecule has 4 heteroatoms. The third-order valence-electron chi connectivity index (χ3n) is 2.94. The van der Waals surface area contributed by atoms with Gasteiger partial charge in [-0.15, -0.1) is 0 Å². The topological polar surface area (TPSA) is 59.3 Å². The first-order valence-corrected chi connectivity index (χ1v) is 6.70. The van der Waals surface area contributed by atoms with Gasteiger partial charge < -0.3 is 9.47 Å². The minimum Gasteiger partial charge on any atom is -0.489 e. The zero-order chi connectivity index (χ0) is 15.8. The molecule has 0 spiro atoms. The van der Waals surface area contributed by atoms with Crippen LogP contribution in [0, 0.1) is 11.3 Å². The van der Waals surface area contributed by atoms with Gasteiger partial charge in [0.1, 0.15) is 24.0 Å². The van der Waals surface area contributed by atoms with Gasteiger partial charge in [0.15, 0.2) is 0 Å². The third-order valence-corrected chi connectivity index (χ3v) is 2.94. The smallest absolute Gasteiger partial charge is 0.348 e. The van der Waals surface area contributed by atoms with Gasteiger partial charge in [0.05, 0.1) is 7.11 Å². The minimum atomic E-state index is -0.655. The lowest BCUT2D eigenvalue weighted by Gasteiger charge is -2.07. The van der Waals surface area contributed by atoms with Gasteiger partial charge in [-0.25, -0.2) is 4.79 Å². The summed E-state index contributed by atoms with van der Waals surface area (Å²) in [6, 6.07) is 18.8. The summed E-state index contributed by atoms with van der Waals surface area (Å²) in [5, 5.41) is 8.96. The zero-order valence-electron chi connectivity index (χ0n) is 12.2. The Morgan fingerprint density at radius 3 is 2.64 bits per heavy atom. The molecule has 22 heavy (non-hydrogen) atoms. The molecule has 0 N–H and O–H groups in total. The van der Waals surface area contributed by atoms with E-state index in [1.807, 2.05) is 42.5 Å². The number of hydrogen-bond donors (Lipinski definition) is 0. The number of nitriles is 1. The Morgan fingerprint density at radius 2 is 1.95 bits per heavy atom. The Labute approximate surface area is 129 Å². The summed E-state index contributed by atoms with van der Waals surface area (Å²) in [5.74, 6) is 0.0119. The minimum absolute atomic E-state index is 0.0530. The van der Waals surface area contributed by atoms with Gasteiger partial charge in [-0.2, -0.15) is 5.26 Å². The first-order chi connectivity index (χ1) is 10.7. The molecule has 0 saturated heterocycles. The molecule has 0 aliphatic carbocycles. The van der Waals surface area contributed by atoms with Crippen LogP contribution in [0.1, 0.15) is 11.1 Å². The fourth-order valence-corrected chi connectivity index (χ4v) is 1.85. The second-order valence-corrected chi connectivity index (χ2v) is 4.51. The summed E-state index contributed by atoms with van der Waals surface area (Å²) < 4.78 is 10.3. The van der Waals surface area contributed by atoms with E-state index < -0.39 is 5.97 Å². The number of ether oxygens (including phenoxy) is 2. The van der Waals surface area contributed by atoms with Gasteiger partial charge in [-0.3, -0.25) is 0 Å². The van der Waals surface area contributed by atoms with Gasteiger partial charge in [0.2, 0.25) is 0 Å². The highest BCUT2D eigenvalue weighted by atomic mass is 16.5. The Kier molecular flexibility index (Phi) is 5.33. The molecule has 0 saturated carbocycles. The van der Waals surface area contributed by atoms with Crippen LogP contribution in [0.2, 0.25) is 0 Å². The molecule has 0 amide bonds. The highest BCUT2D eigenvalue weighted by molar-refractivity contribution is 5.97. The summed E-state index contributed by atoms with van der Waals surface area (Å²) >= 11 is 0. The highest BCUT2D eigenvalue weighted by Gasteiger charge is 2.08. The number of carbonyl (C=O) groups is 1. The van der Waals surface area contributed by atoms with E-state index >= 15 is 0 Å². The standard InChI is InChI=1S/C18H15NO3/c1-21-18(20)16(12-19)10-15-8-5-9-17(11-15)22-13-14-6-3-2-4-7-14/h2-11H,13H2,1H3/b16-10+. The van der Waals surface area contributed by atoms with Crippen molar-refractivity contribution in [3.8, 4) is 11.8 Å². The van der Waals surface area contributed by atoms with Crippen LogP contribution >= 0.6 is 0 Å². The van der Waals surface area contributed by atoms with Crippen LogP contribution in [0.4, 0.5) is 0 Å². The monoisotopic (exact) mass is 293 g/mol. The lowest BCUT2D eigenvalue weighted by atomic mass is 10.1. The fourth-order valence-electron chi connectivity index (χ4n) is 1.85. The van der Waals surface area contributed by atoms with Crippen LogP contribution in [-0.4, -0.2) is 13.1 Å². The molecule has 4 nitrogen and oxygen atoms in total. The van der Waals surface area contributed by atoms with Crippen LogP contribution in [0.5, 0.6) is 5.75 Å². The van der Waals surface area contributed by atoms with Crippen molar-refractivity contribution in [1.29, 1.82) is 5.26 Å². The van der Waals surface area contributed by atoms with E-state index in [-0.39, 0.29) is 5.57 Å². The van der Waals surface area contributed by atoms with Gasteiger partial charge in [0.25, 0.3) is 0 Å². The molecule has 0 radical (unpaired) electrons. The molecule has 2 aromatic carbocycles. The van der Waals surface area contributed by atoms with Crippen molar-refractivity contribution in [2.45, 2.75) is 6.61 Å². The summed E-state index contributed by atoms with van der Waals surface area (Å²) in [6.45, 7) is 0.454. The van der Waals surface area contributed by atoms with E-state index in [2.05, 4.69) is 4.74 Å². The maximum absolute atomic E-state index is 11.4. The van der Waals surface area contributed by atoms with Gasteiger partial charge in [0, 0.05) is 0 Å². The van der Waals surface area contributed by atoms with Crippen LogP contribution in [0.15, 0.2) is 60.2 Å². The van der Waals surface area contributed by atoms with Crippen LogP contribution in [0.25, 0.3) is 6.08 Å². The highest BCUT2D eigenvalue weighted by Crippen LogP contribution is 2.17. The van der Waals surface area contributed by atoms with E-state index in [0.717, 1.165) is 5.56 Å². The van der Waals surface area contributed by atoms with Crippen LogP contribution in [0.3, 0.4) is 0 Å². The van der Waals surface area contributed by atoms with Crippen molar-refractivity contribution in [3.63, 3.8) is 0 Å². The van der Waals surface area contributed by atoms with E-state index in [1.165, 1.54) is 13.2 Å². The van der Waals surface area contributed by atoms with Crippen molar-refractivity contribution >= 4 is 12.0 Å². The molecule has 0 aliphatic heterocycles. The molecule has 0 heterocycles. The number of methoxy groups -OCH3 is 1. The van der Waals surface area contributed by atoms with Gasteiger partial charge in [-0.05, 0) is 29.3 Å². The van der Waals surface area contributed by atoms with Gasteiger partial charge in [-0.1, -0.05) is 42.5 Å². The number of carbonyl (C=O) groups excluding carboxylic acids is 1. The van der Waals surface area contributed by atoms with Crippen molar-refractivity contribution in [3.05, 3.63) is 71.3 Å². The number of nitrogens with zero attached hydrogens (tertiary/aromatic N) is 1. The lowest BCUT2D eigenvalue weighted by molar-refractivity contribution is -0.135.